The average Bonchev–Trinajstić information content (AvgIpc) is 3.16. The summed E-state index contributed by atoms with van der Waals surface area (Å²) in [5, 5.41) is 0. The molecule has 2 saturated heterocycles. The van der Waals surface area contributed by atoms with Crippen LogP contribution in [0.5, 0.6) is 5.75 Å². The molecule has 4 nitrogen and oxygen atoms in total. The molecule has 27 heavy (non-hydrogen) atoms. The molecule has 1 amide bonds. The van der Waals surface area contributed by atoms with Crippen LogP contribution in [0.15, 0.2) is 42.5 Å². The van der Waals surface area contributed by atoms with Crippen molar-refractivity contribution in [1.29, 1.82) is 0 Å². The van der Waals surface area contributed by atoms with E-state index >= 15 is 0 Å². The number of likely N-dealkylation sites (tertiary alicyclic amines) is 2. The van der Waals surface area contributed by atoms with Crippen LogP contribution in [0.4, 0.5) is 8.78 Å². The smallest absolute Gasteiger partial charge is 0.253 e. The normalized spacial score (nSPS) is 17.8. The lowest BCUT2D eigenvalue weighted by atomic mass is 10.1. The van der Waals surface area contributed by atoms with Gasteiger partial charge >= 0.3 is 0 Å². The zero-order valence-corrected chi connectivity index (χ0v) is 15.0. The maximum Gasteiger partial charge on any atom is 0.253 e. The van der Waals surface area contributed by atoms with Gasteiger partial charge in [-0.05, 0) is 37.1 Å². The fourth-order valence-electron chi connectivity index (χ4n) is 3.61. The molecule has 4 rings (SSSR count). The Balaban J connectivity index is 1.31. The molecule has 0 atom stereocenters. The minimum absolute atomic E-state index is 0.00523. The van der Waals surface area contributed by atoms with Crippen LogP contribution in [-0.2, 0) is 6.54 Å². The monoisotopic (exact) mass is 372 g/mol. The van der Waals surface area contributed by atoms with Crippen LogP contribution in [0.3, 0.4) is 0 Å². The number of benzene rings is 2. The van der Waals surface area contributed by atoms with Crippen molar-refractivity contribution in [3.05, 3.63) is 65.2 Å². The molecule has 0 bridgehead atoms. The Morgan fingerprint density at radius 3 is 2.59 bits per heavy atom. The molecule has 2 aliphatic rings. The molecule has 2 heterocycles. The number of hydrogen-bond acceptors (Lipinski definition) is 3. The molecule has 2 aliphatic heterocycles. The first kappa shape index (κ1) is 17.9. The highest BCUT2D eigenvalue weighted by Gasteiger charge is 2.29. The van der Waals surface area contributed by atoms with Crippen LogP contribution in [-0.4, -0.2) is 48.0 Å². The van der Waals surface area contributed by atoms with Gasteiger partial charge in [0.2, 0.25) is 0 Å². The summed E-state index contributed by atoms with van der Waals surface area (Å²) in [6, 6.07) is 11.0. The zero-order valence-electron chi connectivity index (χ0n) is 15.0. The second-order valence-corrected chi connectivity index (χ2v) is 7.20. The Hall–Kier alpha value is -2.47. The van der Waals surface area contributed by atoms with Crippen molar-refractivity contribution in [2.24, 2.45) is 0 Å². The fourth-order valence-corrected chi connectivity index (χ4v) is 3.61. The zero-order chi connectivity index (χ0) is 18.8. The van der Waals surface area contributed by atoms with Gasteiger partial charge in [-0.15, -0.1) is 0 Å². The van der Waals surface area contributed by atoms with Gasteiger partial charge in [-0.1, -0.05) is 12.1 Å². The standard InChI is InChI=1S/C21H22F2N2O2/c22-17-7-6-16(20(23)11-17)12-24-13-19(14-24)27-18-5-3-4-15(10-18)21(26)25-8-1-2-9-25/h3-7,10-11,19H,1-2,8-9,12-14H2. The second kappa shape index (κ2) is 7.64. The molecule has 0 spiro atoms. The summed E-state index contributed by atoms with van der Waals surface area (Å²) in [5.41, 5.74) is 1.13. The van der Waals surface area contributed by atoms with E-state index in [0.717, 1.165) is 32.0 Å². The van der Waals surface area contributed by atoms with Crippen molar-refractivity contribution >= 4 is 5.91 Å². The first-order valence-electron chi connectivity index (χ1n) is 9.31. The highest BCUT2D eigenvalue weighted by atomic mass is 19.1. The quantitative estimate of drug-likeness (QED) is 0.806. The van der Waals surface area contributed by atoms with Crippen molar-refractivity contribution < 1.29 is 18.3 Å². The molecule has 0 N–H and O–H groups in total. The van der Waals surface area contributed by atoms with Gasteiger partial charge in [0.15, 0.2) is 0 Å². The van der Waals surface area contributed by atoms with Crippen LogP contribution in [0, 0.1) is 11.6 Å². The van der Waals surface area contributed by atoms with Crippen LogP contribution in [0.25, 0.3) is 0 Å². The Morgan fingerprint density at radius 2 is 1.85 bits per heavy atom. The summed E-state index contributed by atoms with van der Waals surface area (Å²) in [5.74, 6) is -0.352. The number of nitrogens with zero attached hydrogens (tertiary/aromatic N) is 2. The van der Waals surface area contributed by atoms with Gasteiger partial charge in [-0.25, -0.2) is 8.78 Å². The number of carbonyl (C=O) groups is 1. The number of hydrogen-bond donors (Lipinski definition) is 0. The lowest BCUT2D eigenvalue weighted by Gasteiger charge is -2.39. The Kier molecular flexibility index (Phi) is 5.07. The van der Waals surface area contributed by atoms with Gasteiger partial charge in [0.1, 0.15) is 23.5 Å². The van der Waals surface area contributed by atoms with Gasteiger partial charge in [0, 0.05) is 49.9 Å². The Labute approximate surface area is 157 Å². The highest BCUT2D eigenvalue weighted by Crippen LogP contribution is 2.23. The van der Waals surface area contributed by atoms with E-state index in [2.05, 4.69) is 0 Å². The van der Waals surface area contributed by atoms with E-state index in [4.69, 9.17) is 4.74 Å². The third kappa shape index (κ3) is 4.11. The summed E-state index contributed by atoms with van der Waals surface area (Å²) in [6.07, 6.45) is 2.13. The maximum absolute atomic E-state index is 13.7. The predicted octanol–water partition coefficient (Wildman–Crippen LogP) is 3.46. The SMILES string of the molecule is O=C(c1cccc(OC2CN(Cc3ccc(F)cc3F)C2)c1)N1CCCC1. The second-order valence-electron chi connectivity index (χ2n) is 7.20. The molecule has 2 aromatic rings. The lowest BCUT2D eigenvalue weighted by Crippen LogP contribution is -2.53. The van der Waals surface area contributed by atoms with Crippen LogP contribution >= 0.6 is 0 Å². The van der Waals surface area contributed by atoms with E-state index in [0.29, 0.717) is 36.5 Å². The summed E-state index contributed by atoms with van der Waals surface area (Å²) in [4.78, 5) is 16.4. The number of carbonyl (C=O) groups excluding carboxylic acids is 1. The molecule has 6 heteroatoms. The molecular formula is C21H22F2N2O2. The highest BCUT2D eigenvalue weighted by molar-refractivity contribution is 5.94. The molecule has 2 fully saturated rings. The summed E-state index contributed by atoms with van der Waals surface area (Å²) < 4.78 is 32.7. The Bertz CT molecular complexity index is 831. The number of rotatable bonds is 5. The van der Waals surface area contributed by atoms with Crippen molar-refractivity contribution in [3.63, 3.8) is 0 Å². The van der Waals surface area contributed by atoms with Crippen molar-refractivity contribution in [2.45, 2.75) is 25.5 Å². The van der Waals surface area contributed by atoms with Crippen molar-refractivity contribution in [2.75, 3.05) is 26.2 Å². The van der Waals surface area contributed by atoms with E-state index in [1.165, 1.54) is 12.1 Å². The van der Waals surface area contributed by atoms with Crippen molar-refractivity contribution in [1.82, 2.24) is 9.80 Å². The van der Waals surface area contributed by atoms with Gasteiger partial charge in [-0.3, -0.25) is 9.69 Å². The predicted molar refractivity (Wildman–Crippen MR) is 97.6 cm³/mol. The molecule has 0 unspecified atom stereocenters. The van der Waals surface area contributed by atoms with Crippen LogP contribution < -0.4 is 4.74 Å². The number of amides is 1. The van der Waals surface area contributed by atoms with Crippen LogP contribution in [0.1, 0.15) is 28.8 Å². The van der Waals surface area contributed by atoms with E-state index in [9.17, 15) is 13.6 Å². The lowest BCUT2D eigenvalue weighted by molar-refractivity contribution is 0.0138. The van der Waals surface area contributed by atoms with Gasteiger partial charge < -0.3 is 9.64 Å². The van der Waals surface area contributed by atoms with Crippen LogP contribution in [0.2, 0.25) is 0 Å². The van der Waals surface area contributed by atoms with Gasteiger partial charge in [-0.2, -0.15) is 0 Å². The minimum atomic E-state index is -0.565. The van der Waals surface area contributed by atoms with Crippen molar-refractivity contribution in [3.8, 4) is 5.75 Å². The van der Waals surface area contributed by atoms with E-state index < -0.39 is 11.6 Å². The third-order valence-corrected chi connectivity index (χ3v) is 5.11. The van der Waals surface area contributed by atoms with E-state index in [-0.39, 0.29) is 12.0 Å². The average molecular weight is 372 g/mol. The molecule has 142 valence electrons. The topological polar surface area (TPSA) is 32.8 Å². The maximum atomic E-state index is 13.7. The molecule has 0 radical (unpaired) electrons. The summed E-state index contributed by atoms with van der Waals surface area (Å²) in [7, 11) is 0. The molecule has 0 aliphatic carbocycles. The minimum Gasteiger partial charge on any atom is -0.488 e. The summed E-state index contributed by atoms with van der Waals surface area (Å²) >= 11 is 0. The third-order valence-electron chi connectivity index (χ3n) is 5.11. The van der Waals surface area contributed by atoms with E-state index in [1.807, 2.05) is 28.0 Å². The molecular weight excluding hydrogens is 350 g/mol. The number of ether oxygens (including phenoxy) is 1. The van der Waals surface area contributed by atoms with Gasteiger partial charge in [0.05, 0.1) is 0 Å². The molecule has 0 aromatic heterocycles. The number of halogens is 2. The molecule has 2 aromatic carbocycles. The molecule has 0 saturated carbocycles. The Morgan fingerprint density at radius 1 is 1.07 bits per heavy atom. The fraction of sp³-hybridized carbons (Fsp3) is 0.381. The largest absolute Gasteiger partial charge is 0.488 e. The van der Waals surface area contributed by atoms with E-state index in [1.54, 1.807) is 6.07 Å². The summed E-state index contributed by atoms with van der Waals surface area (Å²) in [6.45, 7) is 3.41. The first-order valence-corrected chi connectivity index (χ1v) is 9.31. The van der Waals surface area contributed by atoms with Gasteiger partial charge in [0.25, 0.3) is 5.91 Å². The first-order chi connectivity index (χ1) is 13.1.